The summed E-state index contributed by atoms with van der Waals surface area (Å²) in [5.41, 5.74) is 7.40. The Morgan fingerprint density at radius 2 is 2.16 bits per heavy atom. The molecular formula is C14H11N3OS. The van der Waals surface area contributed by atoms with Crippen molar-refractivity contribution in [3.8, 4) is 0 Å². The van der Waals surface area contributed by atoms with E-state index in [2.05, 4.69) is 9.97 Å². The van der Waals surface area contributed by atoms with E-state index in [1.165, 1.54) is 11.3 Å². The molecule has 0 aliphatic carbocycles. The lowest BCUT2D eigenvalue weighted by atomic mass is 10.0. The minimum Gasteiger partial charge on any atom is -0.325 e. The topological polar surface area (TPSA) is 68.9 Å². The molecule has 0 spiro atoms. The van der Waals surface area contributed by atoms with Gasteiger partial charge in [0.05, 0.1) is 5.52 Å². The maximum absolute atomic E-state index is 12.5. The van der Waals surface area contributed by atoms with E-state index in [0.29, 0.717) is 17.8 Å². The molecule has 0 aliphatic heterocycles. The molecule has 0 unspecified atom stereocenters. The second-order valence-electron chi connectivity index (χ2n) is 4.04. The molecule has 3 aromatic rings. The van der Waals surface area contributed by atoms with E-state index in [1.807, 2.05) is 24.3 Å². The van der Waals surface area contributed by atoms with Gasteiger partial charge in [0.2, 0.25) is 5.78 Å². The average Bonchev–Trinajstić information content (AvgIpc) is 2.95. The normalized spacial score (nSPS) is 10.8. The summed E-state index contributed by atoms with van der Waals surface area (Å²) >= 11 is 1.41. The van der Waals surface area contributed by atoms with Crippen molar-refractivity contribution in [2.45, 2.75) is 6.54 Å². The number of rotatable bonds is 3. The maximum atomic E-state index is 12.5. The Hall–Kier alpha value is -2.11. The van der Waals surface area contributed by atoms with Crippen LogP contribution in [0.2, 0.25) is 0 Å². The first-order valence-corrected chi connectivity index (χ1v) is 6.70. The molecule has 3 rings (SSSR count). The van der Waals surface area contributed by atoms with Gasteiger partial charge in [0.25, 0.3) is 0 Å². The standard InChI is InChI=1S/C14H11N3OS/c15-7-13-17-12(8-19-13)14(18)10-3-1-5-11-9(10)4-2-6-16-11/h1-6,8H,7,15H2. The van der Waals surface area contributed by atoms with E-state index in [-0.39, 0.29) is 5.78 Å². The Labute approximate surface area is 113 Å². The molecule has 0 radical (unpaired) electrons. The van der Waals surface area contributed by atoms with Crippen LogP contribution in [0, 0.1) is 0 Å². The molecule has 1 aromatic carbocycles. The average molecular weight is 269 g/mol. The van der Waals surface area contributed by atoms with Crippen LogP contribution in [0.25, 0.3) is 10.9 Å². The molecule has 0 saturated carbocycles. The lowest BCUT2D eigenvalue weighted by molar-refractivity contribution is 0.103. The van der Waals surface area contributed by atoms with Gasteiger partial charge in [0.15, 0.2) is 0 Å². The number of carbonyl (C=O) groups excluding carboxylic acids is 1. The number of nitrogens with zero attached hydrogens (tertiary/aromatic N) is 2. The second kappa shape index (κ2) is 4.87. The van der Waals surface area contributed by atoms with E-state index in [0.717, 1.165) is 15.9 Å². The molecule has 19 heavy (non-hydrogen) atoms. The molecular weight excluding hydrogens is 258 g/mol. The van der Waals surface area contributed by atoms with Crippen molar-refractivity contribution in [3.63, 3.8) is 0 Å². The van der Waals surface area contributed by atoms with E-state index in [4.69, 9.17) is 5.73 Å². The van der Waals surface area contributed by atoms with Crippen molar-refractivity contribution < 1.29 is 4.79 Å². The van der Waals surface area contributed by atoms with Gasteiger partial charge in [-0.25, -0.2) is 4.98 Å². The Balaban J connectivity index is 2.11. The Kier molecular flexibility index (Phi) is 3.06. The quantitative estimate of drug-likeness (QED) is 0.741. The molecule has 0 bridgehead atoms. The summed E-state index contributed by atoms with van der Waals surface area (Å²) in [6.45, 7) is 0.356. The highest BCUT2D eigenvalue weighted by molar-refractivity contribution is 7.09. The van der Waals surface area contributed by atoms with Gasteiger partial charge < -0.3 is 5.73 Å². The largest absolute Gasteiger partial charge is 0.325 e. The Bertz CT molecular complexity index is 746. The number of fused-ring (bicyclic) bond motifs is 1. The maximum Gasteiger partial charge on any atom is 0.212 e. The number of aromatic nitrogens is 2. The molecule has 94 valence electrons. The van der Waals surface area contributed by atoms with E-state index < -0.39 is 0 Å². The molecule has 4 nitrogen and oxygen atoms in total. The van der Waals surface area contributed by atoms with Crippen LogP contribution in [-0.4, -0.2) is 15.8 Å². The summed E-state index contributed by atoms with van der Waals surface area (Å²) in [5, 5.41) is 3.36. The SMILES string of the molecule is NCc1nc(C(=O)c2cccc3ncccc23)cs1. The minimum absolute atomic E-state index is 0.0884. The summed E-state index contributed by atoms with van der Waals surface area (Å²) in [6, 6.07) is 9.24. The molecule has 2 N–H and O–H groups in total. The molecule has 0 saturated heterocycles. The van der Waals surface area contributed by atoms with Crippen molar-refractivity contribution in [3.05, 3.63) is 58.2 Å². The molecule has 0 aliphatic rings. The first kappa shape index (κ1) is 12.0. The van der Waals surface area contributed by atoms with Gasteiger partial charge in [-0.3, -0.25) is 9.78 Å². The van der Waals surface area contributed by atoms with Crippen molar-refractivity contribution >= 4 is 28.0 Å². The molecule has 0 fully saturated rings. The number of carbonyl (C=O) groups is 1. The predicted octanol–water partition coefficient (Wildman–Crippen LogP) is 2.38. The van der Waals surface area contributed by atoms with Crippen LogP contribution < -0.4 is 5.73 Å². The van der Waals surface area contributed by atoms with Gasteiger partial charge in [-0.2, -0.15) is 0 Å². The Morgan fingerprint density at radius 3 is 2.95 bits per heavy atom. The highest BCUT2D eigenvalue weighted by atomic mass is 32.1. The predicted molar refractivity (Wildman–Crippen MR) is 75.2 cm³/mol. The van der Waals surface area contributed by atoms with E-state index in [1.54, 1.807) is 17.6 Å². The summed E-state index contributed by atoms with van der Waals surface area (Å²) in [7, 11) is 0. The third kappa shape index (κ3) is 2.14. The summed E-state index contributed by atoms with van der Waals surface area (Å²) in [6.07, 6.45) is 1.71. The van der Waals surface area contributed by atoms with Gasteiger partial charge in [0, 0.05) is 29.1 Å². The zero-order valence-corrected chi connectivity index (χ0v) is 10.9. The first-order valence-electron chi connectivity index (χ1n) is 5.82. The molecule has 5 heteroatoms. The smallest absolute Gasteiger partial charge is 0.212 e. The summed E-state index contributed by atoms with van der Waals surface area (Å²) < 4.78 is 0. The van der Waals surface area contributed by atoms with Crippen molar-refractivity contribution in [1.82, 2.24) is 9.97 Å². The number of benzene rings is 1. The molecule has 2 heterocycles. The summed E-state index contributed by atoms with van der Waals surface area (Å²) in [5.74, 6) is -0.0884. The van der Waals surface area contributed by atoms with Crippen molar-refractivity contribution in [1.29, 1.82) is 0 Å². The van der Waals surface area contributed by atoms with Gasteiger partial charge in [0.1, 0.15) is 10.7 Å². The van der Waals surface area contributed by atoms with Crippen molar-refractivity contribution in [2.24, 2.45) is 5.73 Å². The van der Waals surface area contributed by atoms with Crippen LogP contribution in [0.4, 0.5) is 0 Å². The van der Waals surface area contributed by atoms with Gasteiger partial charge in [-0.1, -0.05) is 18.2 Å². The number of pyridine rings is 1. The van der Waals surface area contributed by atoms with Crippen LogP contribution in [0.15, 0.2) is 41.9 Å². The van der Waals surface area contributed by atoms with Gasteiger partial charge in [-0.05, 0) is 12.1 Å². The van der Waals surface area contributed by atoms with E-state index >= 15 is 0 Å². The number of ketones is 1. The van der Waals surface area contributed by atoms with Crippen LogP contribution >= 0.6 is 11.3 Å². The number of hydrogen-bond donors (Lipinski definition) is 1. The van der Waals surface area contributed by atoms with Crippen LogP contribution in [0.1, 0.15) is 21.1 Å². The fourth-order valence-electron chi connectivity index (χ4n) is 1.95. The fourth-order valence-corrected chi connectivity index (χ4v) is 2.60. The minimum atomic E-state index is -0.0884. The highest BCUT2D eigenvalue weighted by Crippen LogP contribution is 2.20. The molecule has 2 aromatic heterocycles. The molecule has 0 amide bonds. The zero-order valence-electron chi connectivity index (χ0n) is 10.0. The number of thiazole rings is 1. The van der Waals surface area contributed by atoms with Crippen LogP contribution in [-0.2, 0) is 6.54 Å². The van der Waals surface area contributed by atoms with Gasteiger partial charge >= 0.3 is 0 Å². The monoisotopic (exact) mass is 269 g/mol. The van der Waals surface area contributed by atoms with Crippen LogP contribution in [0.3, 0.4) is 0 Å². The number of nitrogens with two attached hydrogens (primary N) is 1. The van der Waals surface area contributed by atoms with Crippen LogP contribution in [0.5, 0.6) is 0 Å². The second-order valence-corrected chi connectivity index (χ2v) is 4.98. The lowest BCUT2D eigenvalue weighted by Crippen LogP contribution is -2.04. The van der Waals surface area contributed by atoms with Crippen molar-refractivity contribution in [2.75, 3.05) is 0 Å². The lowest BCUT2D eigenvalue weighted by Gasteiger charge is -2.03. The third-order valence-corrected chi connectivity index (χ3v) is 3.72. The fraction of sp³-hybridized carbons (Fsp3) is 0.0714. The zero-order chi connectivity index (χ0) is 13.2. The third-order valence-electron chi connectivity index (χ3n) is 2.85. The highest BCUT2D eigenvalue weighted by Gasteiger charge is 2.15. The Morgan fingerprint density at radius 1 is 1.26 bits per heavy atom. The van der Waals surface area contributed by atoms with Gasteiger partial charge in [-0.15, -0.1) is 11.3 Å². The summed E-state index contributed by atoms with van der Waals surface area (Å²) in [4.78, 5) is 20.9. The van der Waals surface area contributed by atoms with E-state index in [9.17, 15) is 4.79 Å². The molecule has 0 atom stereocenters. The first-order chi connectivity index (χ1) is 9.29. The number of hydrogen-bond acceptors (Lipinski definition) is 5.